The minimum atomic E-state index is 0.604. The van der Waals surface area contributed by atoms with Crippen LogP contribution in [0.1, 0.15) is 32.7 Å². The van der Waals surface area contributed by atoms with Crippen molar-refractivity contribution in [1.82, 2.24) is 19.7 Å². The first-order chi connectivity index (χ1) is 7.74. The summed E-state index contributed by atoms with van der Waals surface area (Å²) in [6.07, 6.45) is 6.09. The maximum absolute atomic E-state index is 4.27. The molecule has 16 heavy (non-hydrogen) atoms. The molecule has 1 aliphatic heterocycles. The van der Waals surface area contributed by atoms with E-state index in [0.29, 0.717) is 12.1 Å². The van der Waals surface area contributed by atoms with Gasteiger partial charge in [0.05, 0.1) is 6.04 Å². The Bertz CT molecular complexity index is 332. The second-order valence-corrected chi connectivity index (χ2v) is 5.57. The van der Waals surface area contributed by atoms with Crippen LogP contribution in [0.2, 0.25) is 0 Å². The summed E-state index contributed by atoms with van der Waals surface area (Å²) < 4.78 is 2.05. The number of nitrogens with zero attached hydrogens (tertiary/aromatic N) is 4. The zero-order valence-electron chi connectivity index (χ0n) is 10.1. The largest absolute Gasteiger partial charge is 0.300 e. The van der Waals surface area contributed by atoms with Gasteiger partial charge in [-0.25, -0.2) is 9.67 Å². The van der Waals surface area contributed by atoms with Crippen LogP contribution in [0.15, 0.2) is 12.7 Å². The van der Waals surface area contributed by atoms with Crippen molar-refractivity contribution in [2.75, 3.05) is 13.1 Å². The Morgan fingerprint density at radius 2 is 1.88 bits per heavy atom. The summed E-state index contributed by atoms with van der Waals surface area (Å²) in [5.74, 6) is 1.77. The molecule has 3 rings (SSSR count). The molecule has 1 aliphatic carbocycles. The topological polar surface area (TPSA) is 34.0 Å². The van der Waals surface area contributed by atoms with Crippen molar-refractivity contribution in [3.63, 3.8) is 0 Å². The van der Waals surface area contributed by atoms with Gasteiger partial charge >= 0.3 is 0 Å². The molecule has 0 N–H and O–H groups in total. The molecule has 2 heterocycles. The average Bonchev–Trinajstić information content (AvgIpc) is 2.91. The Hall–Kier alpha value is -0.900. The van der Waals surface area contributed by atoms with E-state index < -0.39 is 0 Å². The molecule has 1 saturated carbocycles. The minimum Gasteiger partial charge on any atom is -0.300 e. The molecule has 0 radical (unpaired) electrons. The van der Waals surface area contributed by atoms with Gasteiger partial charge in [-0.3, -0.25) is 0 Å². The molecule has 1 aromatic rings. The molecule has 0 aromatic carbocycles. The maximum atomic E-state index is 4.27. The molecule has 88 valence electrons. The lowest BCUT2D eigenvalue weighted by atomic mass is 10.0. The molecular weight excluding hydrogens is 200 g/mol. The lowest BCUT2D eigenvalue weighted by Crippen LogP contribution is -2.29. The first-order valence-corrected chi connectivity index (χ1v) is 6.32. The van der Waals surface area contributed by atoms with Gasteiger partial charge in [0.15, 0.2) is 0 Å². The van der Waals surface area contributed by atoms with E-state index in [1.54, 1.807) is 6.33 Å². The predicted molar refractivity (Wildman–Crippen MR) is 62.0 cm³/mol. The van der Waals surface area contributed by atoms with Crippen molar-refractivity contribution in [1.29, 1.82) is 0 Å². The molecule has 4 nitrogen and oxygen atoms in total. The molecule has 2 atom stereocenters. The third-order valence-corrected chi connectivity index (χ3v) is 4.30. The molecule has 2 aliphatic rings. The number of fused-ring (bicyclic) bond motifs is 1. The highest BCUT2D eigenvalue weighted by Crippen LogP contribution is 2.43. The van der Waals surface area contributed by atoms with Crippen molar-refractivity contribution in [3.8, 4) is 0 Å². The first kappa shape index (κ1) is 10.3. The van der Waals surface area contributed by atoms with Crippen LogP contribution in [0.5, 0.6) is 0 Å². The zero-order valence-corrected chi connectivity index (χ0v) is 10.1. The second kappa shape index (κ2) is 3.84. The quantitative estimate of drug-likeness (QED) is 0.758. The summed E-state index contributed by atoms with van der Waals surface area (Å²) >= 11 is 0. The van der Waals surface area contributed by atoms with Gasteiger partial charge in [-0.2, -0.15) is 5.10 Å². The highest BCUT2D eigenvalue weighted by Gasteiger charge is 2.42. The van der Waals surface area contributed by atoms with Crippen LogP contribution in [0, 0.1) is 11.8 Å². The summed E-state index contributed by atoms with van der Waals surface area (Å²) in [6.45, 7) is 7.17. The molecule has 0 spiro atoms. The van der Waals surface area contributed by atoms with E-state index in [4.69, 9.17) is 0 Å². The van der Waals surface area contributed by atoms with E-state index >= 15 is 0 Å². The standard InChI is InChI=1S/C12H20N4/c1-9(2)15-5-10-3-12(4-11(10)6-15)16-8-13-7-14-16/h7-12H,3-6H2,1-2H3. The third-order valence-electron chi connectivity index (χ3n) is 4.30. The van der Waals surface area contributed by atoms with E-state index in [9.17, 15) is 0 Å². The summed E-state index contributed by atoms with van der Waals surface area (Å²) in [5.41, 5.74) is 0. The zero-order chi connectivity index (χ0) is 11.1. The van der Waals surface area contributed by atoms with Gasteiger partial charge < -0.3 is 4.90 Å². The van der Waals surface area contributed by atoms with Crippen molar-refractivity contribution < 1.29 is 0 Å². The van der Waals surface area contributed by atoms with Crippen LogP contribution >= 0.6 is 0 Å². The monoisotopic (exact) mass is 220 g/mol. The fourth-order valence-electron chi connectivity index (χ4n) is 3.35. The molecule has 0 bridgehead atoms. The van der Waals surface area contributed by atoms with Gasteiger partial charge in [-0.1, -0.05) is 0 Å². The second-order valence-electron chi connectivity index (χ2n) is 5.57. The molecule has 1 aromatic heterocycles. The van der Waals surface area contributed by atoms with E-state index in [1.807, 2.05) is 6.33 Å². The van der Waals surface area contributed by atoms with Crippen LogP contribution in [0.25, 0.3) is 0 Å². The molecular formula is C12H20N4. The predicted octanol–water partition coefficient (Wildman–Crippen LogP) is 1.57. The Labute approximate surface area is 96.7 Å². The Morgan fingerprint density at radius 3 is 2.38 bits per heavy atom. The molecule has 1 saturated heterocycles. The lowest BCUT2D eigenvalue weighted by molar-refractivity contribution is 0.244. The number of hydrogen-bond acceptors (Lipinski definition) is 3. The van der Waals surface area contributed by atoms with Gasteiger partial charge in [0.1, 0.15) is 12.7 Å². The van der Waals surface area contributed by atoms with E-state index in [1.165, 1.54) is 25.9 Å². The average molecular weight is 220 g/mol. The van der Waals surface area contributed by atoms with Crippen LogP contribution in [-0.2, 0) is 0 Å². The smallest absolute Gasteiger partial charge is 0.137 e. The maximum Gasteiger partial charge on any atom is 0.137 e. The normalized spacial score (nSPS) is 34.8. The molecule has 2 unspecified atom stereocenters. The van der Waals surface area contributed by atoms with E-state index in [2.05, 4.69) is 33.5 Å². The molecule has 0 amide bonds. The Balaban J connectivity index is 1.65. The van der Waals surface area contributed by atoms with Crippen LogP contribution in [0.3, 0.4) is 0 Å². The SMILES string of the molecule is CC(C)N1CC2CC(n3cncn3)CC2C1. The fourth-order valence-corrected chi connectivity index (χ4v) is 3.35. The summed E-state index contributed by atoms with van der Waals surface area (Å²) in [6, 6.07) is 1.31. The van der Waals surface area contributed by atoms with E-state index in [-0.39, 0.29) is 0 Å². The summed E-state index contributed by atoms with van der Waals surface area (Å²) in [7, 11) is 0. The Kier molecular flexibility index (Phi) is 2.46. The minimum absolute atomic E-state index is 0.604. The molecule has 2 fully saturated rings. The summed E-state index contributed by atoms with van der Waals surface area (Å²) in [5, 5.41) is 4.27. The van der Waals surface area contributed by atoms with E-state index in [0.717, 1.165) is 11.8 Å². The van der Waals surface area contributed by atoms with Gasteiger partial charge in [0.2, 0.25) is 0 Å². The van der Waals surface area contributed by atoms with Crippen LogP contribution < -0.4 is 0 Å². The number of hydrogen-bond donors (Lipinski definition) is 0. The lowest BCUT2D eigenvalue weighted by Gasteiger charge is -2.22. The number of likely N-dealkylation sites (tertiary alicyclic amines) is 1. The van der Waals surface area contributed by atoms with Crippen LogP contribution in [-0.4, -0.2) is 38.8 Å². The van der Waals surface area contributed by atoms with Gasteiger partial charge in [0, 0.05) is 19.1 Å². The van der Waals surface area contributed by atoms with Gasteiger partial charge in [-0.15, -0.1) is 0 Å². The van der Waals surface area contributed by atoms with Crippen LogP contribution in [0.4, 0.5) is 0 Å². The first-order valence-electron chi connectivity index (χ1n) is 6.32. The fraction of sp³-hybridized carbons (Fsp3) is 0.833. The van der Waals surface area contributed by atoms with Crippen molar-refractivity contribution in [3.05, 3.63) is 12.7 Å². The number of aromatic nitrogens is 3. The van der Waals surface area contributed by atoms with Crippen molar-refractivity contribution in [2.24, 2.45) is 11.8 Å². The van der Waals surface area contributed by atoms with Crippen molar-refractivity contribution >= 4 is 0 Å². The highest BCUT2D eigenvalue weighted by molar-refractivity contribution is 4.94. The Morgan fingerprint density at radius 1 is 1.19 bits per heavy atom. The van der Waals surface area contributed by atoms with Crippen molar-refractivity contribution in [2.45, 2.75) is 38.8 Å². The van der Waals surface area contributed by atoms with Gasteiger partial charge in [0.25, 0.3) is 0 Å². The summed E-state index contributed by atoms with van der Waals surface area (Å²) in [4.78, 5) is 6.66. The van der Waals surface area contributed by atoms with Gasteiger partial charge in [-0.05, 0) is 38.5 Å². The molecule has 4 heteroatoms. The third kappa shape index (κ3) is 1.65. The highest BCUT2D eigenvalue weighted by atomic mass is 15.3. The number of rotatable bonds is 2.